The van der Waals surface area contributed by atoms with Gasteiger partial charge in [-0.2, -0.15) is 0 Å². The van der Waals surface area contributed by atoms with Gasteiger partial charge >= 0.3 is 0 Å². The lowest BCUT2D eigenvalue weighted by molar-refractivity contribution is -0.136. The van der Waals surface area contributed by atoms with Gasteiger partial charge < -0.3 is 5.11 Å². The predicted molar refractivity (Wildman–Crippen MR) is 36.7 cm³/mol. The van der Waals surface area contributed by atoms with Crippen LogP contribution in [0.3, 0.4) is 0 Å². The largest absolute Gasteiger partial charge is 0.395 e. The van der Waals surface area contributed by atoms with Crippen molar-refractivity contribution >= 4 is 11.8 Å². The maximum Gasteiger partial charge on any atom is 0.240 e. The van der Waals surface area contributed by atoms with E-state index < -0.39 is 0 Å². The number of amides is 2. The number of imide groups is 1. The normalized spacial score (nSPS) is 20.1. The first-order valence-electron chi connectivity index (χ1n) is 3.38. The molecule has 1 fully saturated rings. The van der Waals surface area contributed by atoms with Crippen LogP contribution in [-0.4, -0.2) is 48.1 Å². The summed E-state index contributed by atoms with van der Waals surface area (Å²) in [6, 6.07) is 0. The summed E-state index contributed by atoms with van der Waals surface area (Å²) in [6.45, 7) is 0.748. The van der Waals surface area contributed by atoms with Gasteiger partial charge in [-0.1, -0.05) is 0 Å². The van der Waals surface area contributed by atoms with Crippen molar-refractivity contribution in [1.82, 2.24) is 10.2 Å². The van der Waals surface area contributed by atoms with Gasteiger partial charge in [-0.05, 0) is 0 Å². The van der Waals surface area contributed by atoms with Crippen LogP contribution < -0.4 is 5.32 Å². The Morgan fingerprint density at radius 3 is 2.36 bits per heavy atom. The molecule has 0 aromatic heterocycles. The van der Waals surface area contributed by atoms with Crippen LogP contribution in [0, 0.1) is 0 Å². The first-order chi connectivity index (χ1) is 5.22. The van der Waals surface area contributed by atoms with Crippen molar-refractivity contribution in [1.29, 1.82) is 0 Å². The Kier molecular flexibility index (Phi) is 2.56. The molecule has 1 saturated heterocycles. The Hall–Kier alpha value is -0.940. The number of aliphatic hydroxyl groups is 1. The van der Waals surface area contributed by atoms with Gasteiger partial charge in [0.15, 0.2) is 0 Å². The lowest BCUT2D eigenvalue weighted by atomic mass is 10.3. The summed E-state index contributed by atoms with van der Waals surface area (Å²) in [7, 11) is 0. The molecular formula is C6H10N2O3. The summed E-state index contributed by atoms with van der Waals surface area (Å²) in [4.78, 5) is 23.0. The van der Waals surface area contributed by atoms with Gasteiger partial charge in [0.1, 0.15) is 0 Å². The summed E-state index contributed by atoms with van der Waals surface area (Å²) >= 11 is 0. The molecule has 0 aromatic carbocycles. The summed E-state index contributed by atoms with van der Waals surface area (Å²) in [5.41, 5.74) is 0. The van der Waals surface area contributed by atoms with E-state index in [9.17, 15) is 9.59 Å². The minimum absolute atomic E-state index is 0.0272. The molecule has 1 aliphatic heterocycles. The summed E-state index contributed by atoms with van der Waals surface area (Å²) in [6.07, 6.45) is 0. The van der Waals surface area contributed by atoms with E-state index >= 15 is 0 Å². The molecule has 62 valence electrons. The zero-order valence-electron chi connectivity index (χ0n) is 6.04. The maximum atomic E-state index is 10.7. The van der Waals surface area contributed by atoms with E-state index in [4.69, 9.17) is 5.11 Å². The molecule has 0 radical (unpaired) electrons. The number of hydrogen-bond donors (Lipinski definition) is 2. The third-order valence-electron chi connectivity index (χ3n) is 1.43. The number of carbonyl (C=O) groups is 2. The molecule has 0 spiro atoms. The van der Waals surface area contributed by atoms with Crippen LogP contribution in [0.1, 0.15) is 0 Å². The number of hydrogen-bond acceptors (Lipinski definition) is 4. The first kappa shape index (κ1) is 8.16. The number of piperazine rings is 1. The zero-order valence-corrected chi connectivity index (χ0v) is 6.04. The van der Waals surface area contributed by atoms with Crippen LogP contribution >= 0.6 is 0 Å². The average Bonchev–Trinajstić information content (AvgIpc) is 1.85. The smallest absolute Gasteiger partial charge is 0.240 e. The fraction of sp³-hybridized carbons (Fsp3) is 0.667. The van der Waals surface area contributed by atoms with Crippen LogP contribution in [0.25, 0.3) is 0 Å². The highest BCUT2D eigenvalue weighted by molar-refractivity contribution is 5.99. The van der Waals surface area contributed by atoms with Crippen molar-refractivity contribution < 1.29 is 14.7 Å². The Morgan fingerprint density at radius 2 is 1.91 bits per heavy atom. The second kappa shape index (κ2) is 3.45. The molecule has 0 bridgehead atoms. The summed E-state index contributed by atoms with van der Waals surface area (Å²) < 4.78 is 0. The van der Waals surface area contributed by atoms with Crippen LogP contribution in [0.5, 0.6) is 0 Å². The van der Waals surface area contributed by atoms with Gasteiger partial charge in [0.2, 0.25) is 11.8 Å². The first-order valence-corrected chi connectivity index (χ1v) is 3.38. The van der Waals surface area contributed by atoms with Gasteiger partial charge in [-0.3, -0.25) is 19.8 Å². The molecule has 0 aromatic rings. The second-order valence-electron chi connectivity index (χ2n) is 2.41. The Morgan fingerprint density at radius 1 is 1.36 bits per heavy atom. The number of β-amino-alcohol motifs (C(OH)–C–C–N with tert-alkyl or cyclic N) is 1. The molecule has 11 heavy (non-hydrogen) atoms. The molecule has 1 aliphatic rings. The van der Waals surface area contributed by atoms with E-state index in [1.165, 1.54) is 0 Å². The van der Waals surface area contributed by atoms with Crippen molar-refractivity contribution in [3.05, 3.63) is 0 Å². The van der Waals surface area contributed by atoms with Crippen molar-refractivity contribution in [2.75, 3.05) is 26.2 Å². The highest BCUT2D eigenvalue weighted by Gasteiger charge is 2.21. The van der Waals surface area contributed by atoms with E-state index in [-0.39, 0.29) is 31.5 Å². The van der Waals surface area contributed by atoms with E-state index in [0.29, 0.717) is 6.54 Å². The zero-order chi connectivity index (χ0) is 8.27. The molecule has 0 unspecified atom stereocenters. The molecule has 1 rings (SSSR count). The van der Waals surface area contributed by atoms with Crippen LogP contribution in [0.15, 0.2) is 0 Å². The number of carbonyl (C=O) groups excluding carboxylic acids is 2. The number of rotatable bonds is 2. The quantitative estimate of drug-likeness (QED) is 0.453. The molecule has 2 amide bonds. The number of nitrogens with zero attached hydrogens (tertiary/aromatic N) is 1. The SMILES string of the molecule is O=C1CN(CCO)CC(=O)N1. The van der Waals surface area contributed by atoms with Gasteiger partial charge in [-0.15, -0.1) is 0 Å². The Bertz CT molecular complexity index is 165. The third-order valence-corrected chi connectivity index (χ3v) is 1.43. The van der Waals surface area contributed by atoms with E-state index in [0.717, 1.165) is 0 Å². The molecule has 1 heterocycles. The number of nitrogens with one attached hydrogen (secondary N) is 1. The molecular weight excluding hydrogens is 148 g/mol. The molecule has 5 heteroatoms. The Balaban J connectivity index is 2.43. The monoisotopic (exact) mass is 158 g/mol. The van der Waals surface area contributed by atoms with Crippen molar-refractivity contribution in [3.8, 4) is 0 Å². The average molecular weight is 158 g/mol. The summed E-state index contributed by atoms with van der Waals surface area (Å²) in [5, 5.41) is 10.7. The summed E-state index contributed by atoms with van der Waals surface area (Å²) in [5.74, 6) is -0.593. The van der Waals surface area contributed by atoms with Gasteiger partial charge in [0, 0.05) is 6.54 Å². The maximum absolute atomic E-state index is 10.7. The lowest BCUT2D eigenvalue weighted by Gasteiger charge is -2.23. The van der Waals surface area contributed by atoms with Crippen LogP contribution in [-0.2, 0) is 9.59 Å². The van der Waals surface area contributed by atoms with Crippen LogP contribution in [0.2, 0.25) is 0 Å². The molecule has 0 saturated carbocycles. The van der Waals surface area contributed by atoms with Crippen molar-refractivity contribution in [2.24, 2.45) is 0 Å². The van der Waals surface area contributed by atoms with E-state index in [1.807, 2.05) is 0 Å². The minimum atomic E-state index is -0.297. The highest BCUT2D eigenvalue weighted by Crippen LogP contribution is 1.92. The van der Waals surface area contributed by atoms with Gasteiger partial charge in [0.25, 0.3) is 0 Å². The van der Waals surface area contributed by atoms with Crippen molar-refractivity contribution in [2.45, 2.75) is 0 Å². The lowest BCUT2D eigenvalue weighted by Crippen LogP contribution is -2.51. The highest BCUT2D eigenvalue weighted by atomic mass is 16.3. The second-order valence-corrected chi connectivity index (χ2v) is 2.41. The third kappa shape index (κ3) is 2.28. The topological polar surface area (TPSA) is 69.6 Å². The van der Waals surface area contributed by atoms with E-state index in [2.05, 4.69) is 5.32 Å². The van der Waals surface area contributed by atoms with E-state index in [1.54, 1.807) is 4.90 Å². The molecule has 0 atom stereocenters. The minimum Gasteiger partial charge on any atom is -0.395 e. The van der Waals surface area contributed by atoms with Crippen LogP contribution in [0.4, 0.5) is 0 Å². The molecule has 2 N–H and O–H groups in total. The van der Waals surface area contributed by atoms with Gasteiger partial charge in [0.05, 0.1) is 19.7 Å². The fourth-order valence-electron chi connectivity index (χ4n) is 0.996. The predicted octanol–water partition coefficient (Wildman–Crippen LogP) is -2.06. The molecule has 0 aliphatic carbocycles. The van der Waals surface area contributed by atoms with Crippen molar-refractivity contribution in [3.63, 3.8) is 0 Å². The standard InChI is InChI=1S/C6H10N2O3/c9-2-1-8-3-5(10)7-6(11)4-8/h9H,1-4H2,(H,7,10,11). The van der Waals surface area contributed by atoms with Gasteiger partial charge in [-0.25, -0.2) is 0 Å². The molecule has 5 nitrogen and oxygen atoms in total. The fourth-order valence-corrected chi connectivity index (χ4v) is 0.996. The number of aliphatic hydroxyl groups excluding tert-OH is 1. The Labute approximate surface area is 64.0 Å².